The predicted octanol–water partition coefficient (Wildman–Crippen LogP) is 5.08. The van der Waals surface area contributed by atoms with E-state index in [1.54, 1.807) is 13.3 Å². The summed E-state index contributed by atoms with van der Waals surface area (Å²) in [5, 5.41) is 4.79. The van der Waals surface area contributed by atoms with Crippen LogP contribution in [0.2, 0.25) is 0 Å². The lowest BCUT2D eigenvalue weighted by Crippen LogP contribution is -2.15. The third-order valence-corrected chi connectivity index (χ3v) is 4.64. The van der Waals surface area contributed by atoms with Crippen molar-refractivity contribution in [2.45, 2.75) is 13.0 Å². The van der Waals surface area contributed by atoms with Crippen LogP contribution in [0.4, 0.5) is 5.82 Å². The van der Waals surface area contributed by atoms with E-state index in [-0.39, 0.29) is 6.04 Å². The van der Waals surface area contributed by atoms with Crippen molar-refractivity contribution in [2.75, 3.05) is 12.4 Å². The molecule has 2 N–H and O–H groups in total. The molecule has 0 aliphatic rings. The van der Waals surface area contributed by atoms with Crippen molar-refractivity contribution in [3.05, 3.63) is 89.7 Å². The van der Waals surface area contributed by atoms with Crippen LogP contribution < -0.4 is 10.1 Å². The van der Waals surface area contributed by atoms with Crippen LogP contribution >= 0.6 is 0 Å². The number of nitrogens with zero attached hydrogens (tertiary/aromatic N) is 1. The first-order valence-corrected chi connectivity index (χ1v) is 8.65. The third-order valence-electron chi connectivity index (χ3n) is 4.64. The Hall–Kier alpha value is -3.27. The number of benzene rings is 2. The summed E-state index contributed by atoms with van der Waals surface area (Å²) in [6.07, 6.45) is 1.80. The number of aromatic amines is 1. The molecule has 0 saturated carbocycles. The number of para-hydroxylation sites is 2. The molecule has 0 amide bonds. The summed E-state index contributed by atoms with van der Waals surface area (Å²) in [7, 11) is 1.71. The zero-order valence-electron chi connectivity index (χ0n) is 14.9. The molecule has 2 heterocycles. The minimum atomic E-state index is -0.0859. The molecule has 2 aromatic heterocycles. The van der Waals surface area contributed by atoms with Crippen molar-refractivity contribution in [1.82, 2.24) is 9.97 Å². The van der Waals surface area contributed by atoms with Crippen LogP contribution in [0.15, 0.2) is 72.9 Å². The maximum Gasteiger partial charge on any atom is 0.126 e. The van der Waals surface area contributed by atoms with Gasteiger partial charge in [-0.2, -0.15) is 0 Å². The van der Waals surface area contributed by atoms with Crippen LogP contribution in [0.1, 0.15) is 22.9 Å². The smallest absolute Gasteiger partial charge is 0.126 e. The van der Waals surface area contributed by atoms with Crippen LogP contribution in [-0.4, -0.2) is 17.1 Å². The number of methoxy groups -OCH3 is 1. The lowest BCUT2D eigenvalue weighted by atomic mass is 9.95. The first-order chi connectivity index (χ1) is 12.8. The molecule has 2 aromatic carbocycles. The molecule has 0 aliphatic heterocycles. The third kappa shape index (κ3) is 2.90. The van der Waals surface area contributed by atoms with Gasteiger partial charge in [-0.05, 0) is 31.2 Å². The summed E-state index contributed by atoms with van der Waals surface area (Å²) >= 11 is 0. The summed E-state index contributed by atoms with van der Waals surface area (Å²) in [5.41, 5.74) is 4.54. The average molecular weight is 343 g/mol. The Morgan fingerprint density at radius 1 is 0.962 bits per heavy atom. The molecule has 0 radical (unpaired) electrons. The van der Waals surface area contributed by atoms with Crippen LogP contribution in [0.5, 0.6) is 5.75 Å². The van der Waals surface area contributed by atoms with E-state index in [2.05, 4.69) is 46.5 Å². The Balaban J connectivity index is 1.91. The Bertz CT molecular complexity index is 1020. The Kier molecular flexibility index (Phi) is 4.32. The highest BCUT2D eigenvalue weighted by Gasteiger charge is 2.23. The fourth-order valence-corrected chi connectivity index (χ4v) is 3.48. The summed E-state index contributed by atoms with van der Waals surface area (Å²) in [4.78, 5) is 7.96. The quantitative estimate of drug-likeness (QED) is 0.531. The number of aryl methyl sites for hydroxylation is 1. The second-order valence-electron chi connectivity index (χ2n) is 6.24. The summed E-state index contributed by atoms with van der Waals surface area (Å²) < 4.78 is 5.64. The number of anilines is 1. The van der Waals surface area contributed by atoms with Crippen LogP contribution in [-0.2, 0) is 0 Å². The number of H-pyrrole nitrogens is 1. The minimum Gasteiger partial charge on any atom is -0.496 e. The number of fused-ring (bicyclic) bond motifs is 1. The Labute approximate surface area is 152 Å². The first-order valence-electron chi connectivity index (χ1n) is 8.65. The molecule has 0 unspecified atom stereocenters. The topological polar surface area (TPSA) is 49.9 Å². The van der Waals surface area contributed by atoms with E-state index in [1.807, 2.05) is 42.5 Å². The zero-order valence-corrected chi connectivity index (χ0v) is 14.9. The highest BCUT2D eigenvalue weighted by Crippen LogP contribution is 2.37. The molecule has 4 nitrogen and oxygen atoms in total. The molecule has 1 atom stereocenters. The van der Waals surface area contributed by atoms with Gasteiger partial charge in [0, 0.05) is 33.9 Å². The molecule has 4 aromatic rings. The zero-order chi connectivity index (χ0) is 17.9. The van der Waals surface area contributed by atoms with Gasteiger partial charge in [0.25, 0.3) is 0 Å². The summed E-state index contributed by atoms with van der Waals surface area (Å²) in [5.74, 6) is 1.68. The number of hydrogen-bond donors (Lipinski definition) is 2. The number of aromatic nitrogens is 2. The normalized spacial score (nSPS) is 12.1. The van der Waals surface area contributed by atoms with Gasteiger partial charge >= 0.3 is 0 Å². The largest absolute Gasteiger partial charge is 0.496 e. The Morgan fingerprint density at radius 2 is 1.73 bits per heavy atom. The molecule has 130 valence electrons. The van der Waals surface area contributed by atoms with Crippen LogP contribution in [0, 0.1) is 6.92 Å². The van der Waals surface area contributed by atoms with Crippen LogP contribution in [0.25, 0.3) is 10.9 Å². The molecule has 26 heavy (non-hydrogen) atoms. The fourth-order valence-electron chi connectivity index (χ4n) is 3.48. The highest BCUT2D eigenvalue weighted by atomic mass is 16.5. The van der Waals surface area contributed by atoms with Crippen molar-refractivity contribution >= 4 is 16.7 Å². The van der Waals surface area contributed by atoms with E-state index in [9.17, 15) is 0 Å². The molecule has 0 aliphatic carbocycles. The summed E-state index contributed by atoms with van der Waals surface area (Å²) in [6, 6.07) is 22.3. The van der Waals surface area contributed by atoms with Gasteiger partial charge in [0.2, 0.25) is 0 Å². The first kappa shape index (κ1) is 16.2. The van der Waals surface area contributed by atoms with Crippen molar-refractivity contribution in [2.24, 2.45) is 0 Å². The van der Waals surface area contributed by atoms with E-state index >= 15 is 0 Å². The number of ether oxygens (including phenoxy) is 1. The van der Waals surface area contributed by atoms with Crippen molar-refractivity contribution in [3.63, 3.8) is 0 Å². The standard InChI is InChI=1S/C22H21N3O/c1-15-21(16-9-3-5-11-18(16)24-15)22(25-20-13-7-8-14-23-20)17-10-4-6-12-19(17)26-2/h3-14,22,24H,1-2H3,(H,23,25)/t22-/m0/s1. The van der Waals surface area contributed by atoms with Gasteiger partial charge in [-0.1, -0.05) is 42.5 Å². The maximum absolute atomic E-state index is 5.64. The van der Waals surface area contributed by atoms with Gasteiger partial charge in [0.15, 0.2) is 0 Å². The monoisotopic (exact) mass is 343 g/mol. The van der Waals surface area contributed by atoms with Crippen molar-refractivity contribution in [1.29, 1.82) is 0 Å². The second kappa shape index (κ2) is 6.92. The predicted molar refractivity (Wildman–Crippen MR) is 106 cm³/mol. The average Bonchev–Trinajstić information content (AvgIpc) is 3.02. The van der Waals surface area contributed by atoms with Gasteiger partial charge in [0.1, 0.15) is 11.6 Å². The molecule has 0 saturated heterocycles. The molecule has 0 bridgehead atoms. The van der Waals surface area contributed by atoms with Crippen molar-refractivity contribution < 1.29 is 4.74 Å². The van der Waals surface area contributed by atoms with Crippen molar-refractivity contribution in [3.8, 4) is 5.75 Å². The van der Waals surface area contributed by atoms with E-state index < -0.39 is 0 Å². The van der Waals surface area contributed by atoms with Gasteiger partial charge in [0.05, 0.1) is 13.2 Å². The van der Waals surface area contributed by atoms with Gasteiger partial charge in [-0.25, -0.2) is 4.98 Å². The molecular weight excluding hydrogens is 322 g/mol. The van der Waals surface area contributed by atoms with E-state index in [4.69, 9.17) is 4.74 Å². The Morgan fingerprint density at radius 3 is 2.54 bits per heavy atom. The molecule has 4 rings (SSSR count). The minimum absolute atomic E-state index is 0.0859. The summed E-state index contributed by atoms with van der Waals surface area (Å²) in [6.45, 7) is 2.11. The number of pyridine rings is 1. The van der Waals surface area contributed by atoms with E-state index in [1.165, 1.54) is 10.9 Å². The molecular formula is C22H21N3O. The number of rotatable bonds is 5. The van der Waals surface area contributed by atoms with Crippen LogP contribution in [0.3, 0.4) is 0 Å². The molecule has 0 fully saturated rings. The number of hydrogen-bond acceptors (Lipinski definition) is 3. The molecule has 4 heteroatoms. The number of nitrogens with one attached hydrogen (secondary N) is 2. The SMILES string of the molecule is COc1ccccc1[C@H](Nc1ccccn1)c1c(C)[nH]c2ccccc12. The van der Waals surface area contributed by atoms with Gasteiger partial charge < -0.3 is 15.0 Å². The lowest BCUT2D eigenvalue weighted by molar-refractivity contribution is 0.408. The second-order valence-corrected chi connectivity index (χ2v) is 6.24. The van der Waals surface area contributed by atoms with E-state index in [0.29, 0.717) is 0 Å². The van der Waals surface area contributed by atoms with E-state index in [0.717, 1.165) is 28.3 Å². The lowest BCUT2D eigenvalue weighted by Gasteiger charge is -2.23. The van der Waals surface area contributed by atoms with Gasteiger partial charge in [-0.3, -0.25) is 0 Å². The highest BCUT2D eigenvalue weighted by molar-refractivity contribution is 5.86. The maximum atomic E-state index is 5.64. The fraction of sp³-hybridized carbons (Fsp3) is 0.136. The molecule has 0 spiro atoms. The van der Waals surface area contributed by atoms with Gasteiger partial charge in [-0.15, -0.1) is 0 Å².